The van der Waals surface area contributed by atoms with Crippen LogP contribution in [0, 0.1) is 10.1 Å². The van der Waals surface area contributed by atoms with Crippen LogP contribution in [-0.4, -0.2) is 35.8 Å². The van der Waals surface area contributed by atoms with Gasteiger partial charge in [0.1, 0.15) is 0 Å². The molecule has 0 radical (unpaired) electrons. The topological polar surface area (TPSA) is 95.7 Å². The lowest BCUT2D eigenvalue weighted by Gasteiger charge is -2.29. The summed E-state index contributed by atoms with van der Waals surface area (Å²) in [7, 11) is 2.34. The lowest BCUT2D eigenvalue weighted by atomic mass is 9.98. The van der Waals surface area contributed by atoms with Crippen molar-refractivity contribution in [1.82, 2.24) is 0 Å². The Bertz CT molecular complexity index is 827. The van der Waals surface area contributed by atoms with E-state index in [1.165, 1.54) is 38.5 Å². The van der Waals surface area contributed by atoms with Crippen molar-refractivity contribution in [3.8, 4) is 0 Å². The largest absolute Gasteiger partial charge is 0.468 e. The van der Waals surface area contributed by atoms with Crippen LogP contribution in [0.4, 0.5) is 5.69 Å². The van der Waals surface area contributed by atoms with E-state index in [0.717, 1.165) is 17.3 Å². The van der Waals surface area contributed by atoms with E-state index in [9.17, 15) is 19.7 Å². The molecule has 1 atom stereocenters. The van der Waals surface area contributed by atoms with Crippen molar-refractivity contribution in [2.75, 3.05) is 14.2 Å². The van der Waals surface area contributed by atoms with E-state index in [1.807, 2.05) is 6.07 Å². The minimum atomic E-state index is -1.78. The minimum absolute atomic E-state index is 0.0976. The fourth-order valence-electron chi connectivity index (χ4n) is 2.57. The molecule has 2 rings (SSSR count). The summed E-state index contributed by atoms with van der Waals surface area (Å²) in [5.41, 5.74) is 0.622. The van der Waals surface area contributed by atoms with Gasteiger partial charge < -0.3 is 9.47 Å². The maximum atomic E-state index is 12.7. The van der Waals surface area contributed by atoms with Crippen LogP contribution in [0.25, 0.3) is 0 Å². The molecule has 0 bridgehead atoms. The molecule has 2 aromatic carbocycles. The van der Waals surface area contributed by atoms with Crippen molar-refractivity contribution >= 4 is 41.0 Å². The van der Waals surface area contributed by atoms with E-state index in [1.54, 1.807) is 24.3 Å². The van der Waals surface area contributed by atoms with Crippen LogP contribution >= 0.6 is 23.4 Å². The van der Waals surface area contributed by atoms with Crippen LogP contribution < -0.4 is 0 Å². The number of carbonyl (C=O) groups excluding carboxylic acids is 2. The van der Waals surface area contributed by atoms with Crippen LogP contribution in [0.3, 0.4) is 0 Å². The maximum Gasteiger partial charge on any atom is 0.333 e. The standard InChI is InChI=1S/C19H18ClNO6S/c1-26-17(22)19(18(23)27-2,12-16(20)13-6-4-3-5-7-13)28-15-10-8-14(9-11-15)21(24)25/h3-11,16H,12H2,1-2H3. The number of alkyl halides is 1. The second-order valence-electron chi connectivity index (χ2n) is 5.75. The Morgan fingerprint density at radius 3 is 2.07 bits per heavy atom. The molecule has 148 valence electrons. The van der Waals surface area contributed by atoms with Crippen LogP contribution in [-0.2, 0) is 19.1 Å². The Morgan fingerprint density at radius 2 is 1.61 bits per heavy atom. The molecule has 7 nitrogen and oxygen atoms in total. The van der Waals surface area contributed by atoms with Gasteiger partial charge in [-0.2, -0.15) is 0 Å². The summed E-state index contributed by atoms with van der Waals surface area (Å²) >= 11 is 7.40. The van der Waals surface area contributed by atoms with E-state index in [4.69, 9.17) is 21.1 Å². The molecule has 0 saturated carbocycles. The quantitative estimate of drug-likeness (QED) is 0.157. The summed E-state index contributed by atoms with van der Waals surface area (Å²) in [6.45, 7) is 0. The number of hydrogen-bond donors (Lipinski definition) is 0. The molecule has 0 fully saturated rings. The zero-order valence-corrected chi connectivity index (χ0v) is 16.7. The third-order valence-electron chi connectivity index (χ3n) is 4.00. The van der Waals surface area contributed by atoms with Gasteiger partial charge in [0, 0.05) is 23.4 Å². The number of nitro benzene ring substituents is 1. The van der Waals surface area contributed by atoms with Crippen LogP contribution in [0.1, 0.15) is 17.4 Å². The smallest absolute Gasteiger partial charge is 0.333 e. The molecule has 2 aromatic rings. The van der Waals surface area contributed by atoms with E-state index in [-0.39, 0.29) is 12.1 Å². The first-order valence-electron chi connectivity index (χ1n) is 8.13. The Balaban J connectivity index is 2.43. The van der Waals surface area contributed by atoms with Crippen molar-refractivity contribution in [3.05, 3.63) is 70.3 Å². The van der Waals surface area contributed by atoms with Gasteiger partial charge in [-0.15, -0.1) is 11.6 Å². The van der Waals surface area contributed by atoms with E-state index in [0.29, 0.717) is 4.90 Å². The molecule has 0 heterocycles. The SMILES string of the molecule is COC(=O)C(CC(Cl)c1ccccc1)(Sc1ccc([N+](=O)[O-])cc1)C(=O)OC. The fraction of sp³-hybridized carbons (Fsp3) is 0.263. The van der Waals surface area contributed by atoms with E-state index >= 15 is 0 Å². The van der Waals surface area contributed by atoms with Crippen LogP contribution in [0.5, 0.6) is 0 Å². The number of benzene rings is 2. The van der Waals surface area contributed by atoms with Crippen molar-refractivity contribution in [2.24, 2.45) is 0 Å². The number of halogens is 1. The molecule has 0 aromatic heterocycles. The van der Waals surface area contributed by atoms with E-state index in [2.05, 4.69) is 0 Å². The Kier molecular flexibility index (Phi) is 7.42. The Hall–Kier alpha value is -2.58. The first-order valence-corrected chi connectivity index (χ1v) is 9.38. The average Bonchev–Trinajstić information content (AvgIpc) is 2.72. The van der Waals surface area contributed by atoms with Crippen molar-refractivity contribution < 1.29 is 24.0 Å². The highest BCUT2D eigenvalue weighted by atomic mass is 35.5. The highest BCUT2D eigenvalue weighted by Gasteiger charge is 2.51. The van der Waals surface area contributed by atoms with E-state index < -0.39 is 27.0 Å². The summed E-state index contributed by atoms with van der Waals surface area (Å²) in [6.07, 6.45) is -0.0976. The molecule has 28 heavy (non-hydrogen) atoms. The summed E-state index contributed by atoms with van der Waals surface area (Å²) < 4.78 is 7.99. The first-order chi connectivity index (χ1) is 13.3. The molecular weight excluding hydrogens is 406 g/mol. The summed E-state index contributed by atoms with van der Waals surface area (Å²) in [5.74, 6) is -1.63. The number of nitrogens with zero attached hydrogens (tertiary/aromatic N) is 1. The average molecular weight is 424 g/mol. The second-order valence-corrected chi connectivity index (χ2v) is 7.64. The molecule has 9 heteroatoms. The number of nitro groups is 1. The molecule has 0 aliphatic heterocycles. The van der Waals surface area contributed by atoms with Gasteiger partial charge in [0.25, 0.3) is 5.69 Å². The molecule has 0 spiro atoms. The maximum absolute atomic E-state index is 12.7. The minimum Gasteiger partial charge on any atom is -0.468 e. The number of carbonyl (C=O) groups is 2. The van der Waals surface area contributed by atoms with Gasteiger partial charge in [-0.25, -0.2) is 9.59 Å². The Morgan fingerprint density at radius 1 is 1.07 bits per heavy atom. The zero-order valence-electron chi connectivity index (χ0n) is 15.2. The highest BCUT2D eigenvalue weighted by molar-refractivity contribution is 8.02. The lowest BCUT2D eigenvalue weighted by Crippen LogP contribution is -2.46. The van der Waals surface area contributed by atoms with Gasteiger partial charge in [-0.1, -0.05) is 42.1 Å². The molecule has 0 saturated heterocycles. The van der Waals surface area contributed by atoms with Crippen molar-refractivity contribution in [3.63, 3.8) is 0 Å². The molecule has 0 amide bonds. The summed E-state index contributed by atoms with van der Waals surface area (Å²) in [6, 6.07) is 14.5. The number of rotatable bonds is 8. The van der Waals surface area contributed by atoms with Gasteiger partial charge in [0.05, 0.1) is 24.5 Å². The number of methoxy groups -OCH3 is 2. The van der Waals surface area contributed by atoms with Gasteiger partial charge >= 0.3 is 11.9 Å². The number of thioether (sulfide) groups is 1. The molecular formula is C19H18ClNO6S. The van der Waals surface area contributed by atoms with Gasteiger partial charge in [0.2, 0.25) is 4.75 Å². The number of hydrogen-bond acceptors (Lipinski definition) is 7. The number of esters is 2. The molecule has 0 aliphatic rings. The predicted octanol–water partition coefficient (Wildman–Crippen LogP) is 4.14. The first kappa shape index (κ1) is 21.7. The molecule has 0 N–H and O–H groups in total. The summed E-state index contributed by atoms with van der Waals surface area (Å²) in [5, 5.41) is 10.2. The Labute approximate surface area is 171 Å². The van der Waals surface area contributed by atoms with Gasteiger partial charge in [0.15, 0.2) is 0 Å². The zero-order chi connectivity index (χ0) is 20.7. The number of non-ortho nitro benzene ring substituents is 1. The second kappa shape index (κ2) is 9.57. The van der Waals surface area contributed by atoms with Crippen LogP contribution in [0.15, 0.2) is 59.5 Å². The van der Waals surface area contributed by atoms with Crippen molar-refractivity contribution in [2.45, 2.75) is 21.4 Å². The monoisotopic (exact) mass is 423 g/mol. The molecule has 1 unspecified atom stereocenters. The third kappa shape index (κ3) is 4.82. The van der Waals surface area contributed by atoms with Gasteiger partial charge in [-0.3, -0.25) is 10.1 Å². The van der Waals surface area contributed by atoms with Crippen molar-refractivity contribution in [1.29, 1.82) is 0 Å². The normalized spacial score (nSPS) is 12.1. The number of ether oxygens (including phenoxy) is 2. The lowest BCUT2D eigenvalue weighted by molar-refractivity contribution is -0.384. The summed E-state index contributed by atoms with van der Waals surface area (Å²) in [4.78, 5) is 36.1. The molecule has 0 aliphatic carbocycles. The highest BCUT2D eigenvalue weighted by Crippen LogP contribution is 2.44. The van der Waals surface area contributed by atoms with Gasteiger partial charge in [-0.05, 0) is 17.7 Å². The fourth-order valence-corrected chi connectivity index (χ4v) is 4.30. The third-order valence-corrected chi connectivity index (χ3v) is 5.76. The van der Waals surface area contributed by atoms with Crippen LogP contribution in [0.2, 0.25) is 0 Å². The predicted molar refractivity (Wildman–Crippen MR) is 105 cm³/mol.